The first-order valence-electron chi connectivity index (χ1n) is 7.36. The lowest BCUT2D eigenvalue weighted by Crippen LogP contribution is -2.41. The van der Waals surface area contributed by atoms with E-state index >= 15 is 0 Å². The Hall–Kier alpha value is -2.09. The molecule has 0 aromatic carbocycles. The minimum atomic E-state index is -1.27. The highest BCUT2D eigenvalue weighted by Gasteiger charge is 2.24. The topological polar surface area (TPSA) is 93.9 Å². The average Bonchev–Trinajstić information content (AvgIpc) is 2.52. The van der Waals surface area contributed by atoms with Gasteiger partial charge in [0.15, 0.2) is 5.69 Å². The molecular formula is C14H21N3O5. The molecule has 0 amide bonds. The third-order valence-electron chi connectivity index (χ3n) is 3.47. The van der Waals surface area contributed by atoms with Crippen LogP contribution in [-0.2, 0) is 11.8 Å². The van der Waals surface area contributed by atoms with Crippen molar-refractivity contribution in [3.8, 4) is 5.75 Å². The molecule has 0 bridgehead atoms. The highest BCUT2D eigenvalue weighted by Crippen LogP contribution is 2.18. The summed E-state index contributed by atoms with van der Waals surface area (Å²) >= 11 is 0. The first kappa shape index (κ1) is 16.3. The number of ether oxygens (including phenoxy) is 2. The molecular weight excluding hydrogens is 290 g/mol. The van der Waals surface area contributed by atoms with E-state index in [4.69, 9.17) is 9.47 Å². The van der Waals surface area contributed by atoms with Crippen LogP contribution >= 0.6 is 0 Å². The fourth-order valence-corrected chi connectivity index (χ4v) is 2.21. The van der Waals surface area contributed by atoms with Gasteiger partial charge in [-0.25, -0.2) is 9.78 Å². The van der Waals surface area contributed by atoms with E-state index in [1.165, 1.54) is 4.57 Å². The van der Waals surface area contributed by atoms with Crippen LogP contribution in [0.4, 0.5) is 5.95 Å². The SMILES string of the molecule is CCCCOc1c(C(=O)O)nc(N2CCOCC2)n(C)c1=O. The summed E-state index contributed by atoms with van der Waals surface area (Å²) in [6, 6.07) is 0. The van der Waals surface area contributed by atoms with E-state index < -0.39 is 11.5 Å². The molecule has 0 unspecified atom stereocenters. The van der Waals surface area contributed by atoms with E-state index in [-0.39, 0.29) is 11.4 Å². The van der Waals surface area contributed by atoms with Crippen LogP contribution in [0.15, 0.2) is 4.79 Å². The molecule has 1 saturated heterocycles. The molecule has 1 aromatic heterocycles. The molecule has 1 N–H and O–H groups in total. The maximum atomic E-state index is 12.4. The van der Waals surface area contributed by atoms with Gasteiger partial charge in [-0.05, 0) is 6.42 Å². The molecule has 1 aliphatic heterocycles. The second kappa shape index (κ2) is 7.26. The number of aromatic nitrogens is 2. The van der Waals surface area contributed by atoms with Crippen LogP contribution in [-0.4, -0.2) is 53.5 Å². The molecule has 122 valence electrons. The fraction of sp³-hybridized carbons (Fsp3) is 0.643. The van der Waals surface area contributed by atoms with E-state index in [0.29, 0.717) is 38.9 Å². The van der Waals surface area contributed by atoms with Gasteiger partial charge in [0.2, 0.25) is 11.7 Å². The van der Waals surface area contributed by atoms with Gasteiger partial charge in [0, 0.05) is 20.1 Å². The van der Waals surface area contributed by atoms with Gasteiger partial charge in [0.25, 0.3) is 5.56 Å². The van der Waals surface area contributed by atoms with Crippen LogP contribution in [0.25, 0.3) is 0 Å². The van der Waals surface area contributed by atoms with Crippen molar-refractivity contribution in [2.45, 2.75) is 19.8 Å². The zero-order chi connectivity index (χ0) is 16.1. The first-order valence-corrected chi connectivity index (χ1v) is 7.36. The number of carbonyl (C=O) groups is 1. The molecule has 22 heavy (non-hydrogen) atoms. The molecule has 0 aliphatic carbocycles. The normalized spacial score (nSPS) is 14.9. The van der Waals surface area contributed by atoms with Crippen molar-refractivity contribution in [1.82, 2.24) is 9.55 Å². The Morgan fingerprint density at radius 2 is 2.09 bits per heavy atom. The predicted octanol–water partition coefficient (Wildman–Crippen LogP) is 0.494. The second-order valence-corrected chi connectivity index (χ2v) is 5.06. The standard InChI is InChI=1S/C14H21N3O5/c1-3-4-7-22-11-10(13(19)20)15-14(16(2)12(11)18)17-5-8-21-9-6-17/h3-9H2,1-2H3,(H,19,20). The lowest BCUT2D eigenvalue weighted by atomic mass is 10.3. The number of carboxylic acids is 1. The maximum Gasteiger partial charge on any atom is 0.358 e. The highest BCUT2D eigenvalue weighted by molar-refractivity contribution is 5.88. The van der Waals surface area contributed by atoms with Gasteiger partial charge in [-0.15, -0.1) is 0 Å². The molecule has 2 rings (SSSR count). The zero-order valence-electron chi connectivity index (χ0n) is 12.9. The molecule has 0 spiro atoms. The maximum absolute atomic E-state index is 12.4. The molecule has 8 heteroatoms. The van der Waals surface area contributed by atoms with E-state index in [1.807, 2.05) is 11.8 Å². The number of hydrogen-bond donors (Lipinski definition) is 1. The Balaban J connectivity index is 2.41. The third-order valence-corrected chi connectivity index (χ3v) is 3.47. The van der Waals surface area contributed by atoms with E-state index in [1.54, 1.807) is 7.05 Å². The van der Waals surface area contributed by atoms with Crippen molar-refractivity contribution in [1.29, 1.82) is 0 Å². The van der Waals surface area contributed by atoms with E-state index in [9.17, 15) is 14.7 Å². The minimum Gasteiger partial charge on any atom is -0.486 e. The van der Waals surface area contributed by atoms with E-state index in [2.05, 4.69) is 4.98 Å². The summed E-state index contributed by atoms with van der Waals surface area (Å²) in [5.74, 6) is -1.13. The third kappa shape index (κ3) is 3.38. The van der Waals surface area contributed by atoms with Crippen LogP contribution in [0.5, 0.6) is 5.75 Å². The number of unbranched alkanes of at least 4 members (excludes halogenated alkanes) is 1. The Morgan fingerprint density at radius 3 is 2.68 bits per heavy atom. The Labute approximate surface area is 128 Å². The monoisotopic (exact) mass is 311 g/mol. The summed E-state index contributed by atoms with van der Waals surface area (Å²) in [6.45, 7) is 4.45. The fourth-order valence-electron chi connectivity index (χ4n) is 2.21. The van der Waals surface area contributed by atoms with Crippen LogP contribution in [0.1, 0.15) is 30.3 Å². The van der Waals surface area contributed by atoms with Crippen LogP contribution in [0, 0.1) is 0 Å². The number of rotatable bonds is 6. The molecule has 2 heterocycles. The summed E-state index contributed by atoms with van der Waals surface area (Å²) in [7, 11) is 1.57. The average molecular weight is 311 g/mol. The van der Waals surface area contributed by atoms with Gasteiger partial charge in [0.05, 0.1) is 19.8 Å². The summed E-state index contributed by atoms with van der Waals surface area (Å²) in [5, 5.41) is 9.33. The molecule has 1 aromatic rings. The molecule has 1 aliphatic rings. The number of aromatic carboxylic acids is 1. The summed E-state index contributed by atoms with van der Waals surface area (Å²) in [4.78, 5) is 29.8. The lowest BCUT2D eigenvalue weighted by molar-refractivity contribution is 0.0684. The quantitative estimate of drug-likeness (QED) is 0.764. The smallest absolute Gasteiger partial charge is 0.358 e. The van der Waals surface area contributed by atoms with Crippen molar-refractivity contribution in [3.05, 3.63) is 16.0 Å². The number of morpholine rings is 1. The van der Waals surface area contributed by atoms with Gasteiger partial charge in [-0.2, -0.15) is 0 Å². The number of nitrogens with zero attached hydrogens (tertiary/aromatic N) is 3. The number of anilines is 1. The van der Waals surface area contributed by atoms with Gasteiger partial charge in [-0.1, -0.05) is 13.3 Å². The largest absolute Gasteiger partial charge is 0.486 e. The summed E-state index contributed by atoms with van der Waals surface area (Å²) in [5.41, 5.74) is -0.814. The van der Waals surface area contributed by atoms with Crippen molar-refractivity contribution >= 4 is 11.9 Å². The Bertz CT molecular complexity index is 593. The molecule has 0 radical (unpaired) electrons. The number of hydrogen-bond acceptors (Lipinski definition) is 6. The molecule has 0 saturated carbocycles. The minimum absolute atomic E-state index is 0.194. The van der Waals surface area contributed by atoms with Crippen molar-refractivity contribution < 1.29 is 19.4 Å². The highest BCUT2D eigenvalue weighted by atomic mass is 16.5. The predicted molar refractivity (Wildman–Crippen MR) is 79.9 cm³/mol. The Morgan fingerprint density at radius 1 is 1.41 bits per heavy atom. The Kier molecular flexibility index (Phi) is 5.37. The summed E-state index contributed by atoms with van der Waals surface area (Å²) < 4.78 is 12.0. The van der Waals surface area contributed by atoms with Crippen molar-refractivity contribution in [2.75, 3.05) is 37.8 Å². The van der Waals surface area contributed by atoms with Crippen molar-refractivity contribution in [3.63, 3.8) is 0 Å². The second-order valence-electron chi connectivity index (χ2n) is 5.06. The zero-order valence-corrected chi connectivity index (χ0v) is 12.9. The summed E-state index contributed by atoms with van der Waals surface area (Å²) in [6.07, 6.45) is 1.63. The van der Waals surface area contributed by atoms with Gasteiger partial charge in [-0.3, -0.25) is 9.36 Å². The van der Waals surface area contributed by atoms with Gasteiger partial charge >= 0.3 is 5.97 Å². The first-order chi connectivity index (χ1) is 10.6. The molecule has 1 fully saturated rings. The van der Waals surface area contributed by atoms with Crippen LogP contribution < -0.4 is 15.2 Å². The molecule has 8 nitrogen and oxygen atoms in total. The van der Waals surface area contributed by atoms with E-state index in [0.717, 1.165) is 12.8 Å². The van der Waals surface area contributed by atoms with Crippen molar-refractivity contribution in [2.24, 2.45) is 7.05 Å². The lowest BCUT2D eigenvalue weighted by Gasteiger charge is -2.29. The van der Waals surface area contributed by atoms with Gasteiger partial charge < -0.3 is 19.5 Å². The number of carboxylic acid groups (broad SMARTS) is 1. The molecule has 0 atom stereocenters. The van der Waals surface area contributed by atoms with Crippen LogP contribution in [0.3, 0.4) is 0 Å². The van der Waals surface area contributed by atoms with Crippen LogP contribution in [0.2, 0.25) is 0 Å². The van der Waals surface area contributed by atoms with Gasteiger partial charge in [0.1, 0.15) is 0 Å².